The quantitative estimate of drug-likeness (QED) is 0.811. The maximum Gasteiger partial charge on any atom is 0.497 e. The van der Waals surface area contributed by atoms with E-state index in [2.05, 4.69) is 4.98 Å². The average molecular weight is 288 g/mol. The summed E-state index contributed by atoms with van der Waals surface area (Å²) in [6.45, 7) is 7.84. The van der Waals surface area contributed by atoms with Crippen LogP contribution in [0.15, 0.2) is 24.5 Å². The van der Waals surface area contributed by atoms with Crippen molar-refractivity contribution in [3.8, 4) is 0 Å². The van der Waals surface area contributed by atoms with Crippen molar-refractivity contribution in [2.24, 2.45) is 0 Å². The van der Waals surface area contributed by atoms with Gasteiger partial charge in [-0.3, -0.25) is 0 Å². The topological polar surface area (TPSA) is 73.6 Å². The summed E-state index contributed by atoms with van der Waals surface area (Å²) in [6, 6.07) is 3.59. The number of hydrogen-bond donors (Lipinski definition) is 1. The Balaban J connectivity index is 2.13. The molecule has 0 bridgehead atoms. The van der Waals surface area contributed by atoms with E-state index in [0.717, 1.165) is 9.95 Å². The molecule has 1 N–H and O–H groups in total. The zero-order valence-corrected chi connectivity index (χ0v) is 12.5. The number of carboxylic acid groups (broad SMARTS) is 1. The first-order chi connectivity index (χ1) is 9.73. The largest absolute Gasteiger partial charge is 0.497 e. The molecule has 3 heterocycles. The number of carbonyl (C=O) groups is 1. The first kappa shape index (κ1) is 14.1. The second kappa shape index (κ2) is 4.32. The van der Waals surface area contributed by atoms with Crippen molar-refractivity contribution in [2.45, 2.75) is 38.9 Å². The first-order valence-electron chi connectivity index (χ1n) is 6.78. The van der Waals surface area contributed by atoms with Gasteiger partial charge in [0.05, 0.1) is 11.2 Å². The molecule has 21 heavy (non-hydrogen) atoms. The van der Waals surface area contributed by atoms with Gasteiger partial charge in [-0.05, 0) is 33.8 Å². The van der Waals surface area contributed by atoms with Gasteiger partial charge in [0.1, 0.15) is 5.65 Å². The van der Waals surface area contributed by atoms with Crippen molar-refractivity contribution in [2.75, 3.05) is 0 Å². The molecule has 0 amide bonds. The van der Waals surface area contributed by atoms with E-state index in [4.69, 9.17) is 9.31 Å². The minimum Gasteiger partial charge on any atom is -0.464 e. The summed E-state index contributed by atoms with van der Waals surface area (Å²) < 4.78 is 13.1. The Labute approximate surface area is 122 Å². The minimum absolute atomic E-state index is 0.384. The highest BCUT2D eigenvalue weighted by Gasteiger charge is 2.52. The summed E-state index contributed by atoms with van der Waals surface area (Å²) in [5.41, 5.74) is 0.114. The van der Waals surface area contributed by atoms with Gasteiger partial charge in [-0.2, -0.15) is 0 Å². The van der Waals surface area contributed by atoms with Crippen LogP contribution in [-0.4, -0.2) is 39.1 Å². The SMILES string of the molecule is CC1(C)OB(c2cn(C(=O)O)c3ncccc23)OC1(C)C. The summed E-state index contributed by atoms with van der Waals surface area (Å²) >= 11 is 0. The lowest BCUT2D eigenvalue weighted by atomic mass is 9.79. The number of aromatic nitrogens is 2. The van der Waals surface area contributed by atoms with E-state index in [1.807, 2.05) is 33.8 Å². The van der Waals surface area contributed by atoms with Crippen LogP contribution in [0.5, 0.6) is 0 Å². The number of hydrogen-bond acceptors (Lipinski definition) is 4. The van der Waals surface area contributed by atoms with Crippen molar-refractivity contribution < 1.29 is 19.2 Å². The molecule has 6 nitrogen and oxygen atoms in total. The molecule has 0 saturated carbocycles. The lowest BCUT2D eigenvalue weighted by molar-refractivity contribution is 0.00578. The summed E-state index contributed by atoms with van der Waals surface area (Å²) in [5, 5.41) is 10.0. The molecule has 0 radical (unpaired) electrons. The number of nitrogens with zero attached hydrogens (tertiary/aromatic N) is 2. The average Bonchev–Trinajstić information content (AvgIpc) is 2.85. The molecular weight excluding hydrogens is 271 g/mol. The Kier molecular flexibility index (Phi) is 2.90. The third-order valence-electron chi connectivity index (χ3n) is 4.31. The summed E-state index contributed by atoms with van der Waals surface area (Å²) in [7, 11) is -0.609. The summed E-state index contributed by atoms with van der Waals surface area (Å²) in [6.07, 6.45) is 2.00. The van der Waals surface area contributed by atoms with Gasteiger partial charge in [-0.1, -0.05) is 6.07 Å². The molecule has 1 aliphatic rings. The van der Waals surface area contributed by atoms with Crippen molar-refractivity contribution in [3.05, 3.63) is 24.5 Å². The molecular formula is C14H17BN2O4. The van der Waals surface area contributed by atoms with Crippen molar-refractivity contribution in [3.63, 3.8) is 0 Å². The summed E-state index contributed by atoms with van der Waals surface area (Å²) in [4.78, 5) is 15.5. The number of fused-ring (bicyclic) bond motifs is 1. The van der Waals surface area contributed by atoms with Crippen LogP contribution >= 0.6 is 0 Å². The lowest BCUT2D eigenvalue weighted by Crippen LogP contribution is -2.41. The molecule has 0 aliphatic carbocycles. The Hall–Kier alpha value is -1.86. The highest BCUT2D eigenvalue weighted by Crippen LogP contribution is 2.37. The maximum absolute atomic E-state index is 11.3. The third-order valence-corrected chi connectivity index (χ3v) is 4.31. The fraction of sp³-hybridized carbons (Fsp3) is 0.429. The lowest BCUT2D eigenvalue weighted by Gasteiger charge is -2.32. The van der Waals surface area contributed by atoms with Crippen LogP contribution in [0.4, 0.5) is 4.79 Å². The Morgan fingerprint density at radius 2 is 1.90 bits per heavy atom. The predicted octanol–water partition coefficient (Wildman–Crippen LogP) is 1.86. The van der Waals surface area contributed by atoms with Gasteiger partial charge in [0, 0.05) is 23.2 Å². The van der Waals surface area contributed by atoms with Crippen LogP contribution in [0.2, 0.25) is 0 Å². The molecule has 1 fully saturated rings. The predicted molar refractivity (Wildman–Crippen MR) is 78.9 cm³/mol. The van der Waals surface area contributed by atoms with E-state index in [1.54, 1.807) is 12.3 Å². The zero-order valence-electron chi connectivity index (χ0n) is 12.5. The van der Waals surface area contributed by atoms with Crippen LogP contribution in [-0.2, 0) is 9.31 Å². The van der Waals surface area contributed by atoms with Crippen molar-refractivity contribution >= 4 is 29.7 Å². The highest BCUT2D eigenvalue weighted by molar-refractivity contribution is 6.65. The molecule has 2 aromatic rings. The standard InChI is InChI=1S/C14H17BN2O4/c1-13(2)14(3,4)21-15(20-13)10-8-17(12(18)19)11-9(10)6-5-7-16-11/h5-8H,1-4H3,(H,18,19). The number of pyridine rings is 1. The Morgan fingerprint density at radius 3 is 2.48 bits per heavy atom. The Morgan fingerprint density at radius 1 is 1.29 bits per heavy atom. The highest BCUT2D eigenvalue weighted by atomic mass is 16.7. The van der Waals surface area contributed by atoms with Gasteiger partial charge < -0.3 is 14.4 Å². The van der Waals surface area contributed by atoms with Gasteiger partial charge in [-0.25, -0.2) is 14.3 Å². The fourth-order valence-electron chi connectivity index (χ4n) is 2.39. The minimum atomic E-state index is -1.08. The number of rotatable bonds is 1. The van der Waals surface area contributed by atoms with Gasteiger partial charge in [0.25, 0.3) is 0 Å². The molecule has 0 spiro atoms. The molecule has 1 saturated heterocycles. The monoisotopic (exact) mass is 288 g/mol. The van der Waals surface area contributed by atoms with Gasteiger partial charge in [0.2, 0.25) is 0 Å². The second-order valence-electron chi connectivity index (χ2n) is 6.20. The van der Waals surface area contributed by atoms with E-state index < -0.39 is 24.4 Å². The maximum atomic E-state index is 11.3. The fourth-order valence-corrected chi connectivity index (χ4v) is 2.39. The van der Waals surface area contributed by atoms with Crippen molar-refractivity contribution in [1.82, 2.24) is 9.55 Å². The molecule has 1 aliphatic heterocycles. The van der Waals surface area contributed by atoms with E-state index in [-0.39, 0.29) is 0 Å². The first-order valence-corrected chi connectivity index (χ1v) is 6.78. The van der Waals surface area contributed by atoms with E-state index in [0.29, 0.717) is 11.1 Å². The normalized spacial score (nSPS) is 20.1. The zero-order chi connectivity index (χ0) is 15.4. The molecule has 0 atom stereocenters. The Bertz CT molecular complexity index is 707. The molecule has 0 unspecified atom stereocenters. The third kappa shape index (κ3) is 2.04. The van der Waals surface area contributed by atoms with Crippen LogP contribution in [0.3, 0.4) is 0 Å². The van der Waals surface area contributed by atoms with Crippen molar-refractivity contribution in [1.29, 1.82) is 0 Å². The molecule has 110 valence electrons. The van der Waals surface area contributed by atoms with Gasteiger partial charge in [0.15, 0.2) is 0 Å². The second-order valence-corrected chi connectivity index (χ2v) is 6.20. The van der Waals surface area contributed by atoms with E-state index >= 15 is 0 Å². The molecule has 2 aromatic heterocycles. The van der Waals surface area contributed by atoms with Gasteiger partial charge >= 0.3 is 13.2 Å². The smallest absolute Gasteiger partial charge is 0.464 e. The van der Waals surface area contributed by atoms with Gasteiger partial charge in [-0.15, -0.1) is 0 Å². The van der Waals surface area contributed by atoms with Crippen LogP contribution in [0, 0.1) is 0 Å². The van der Waals surface area contributed by atoms with Crippen LogP contribution in [0.25, 0.3) is 11.0 Å². The van der Waals surface area contributed by atoms with E-state index in [9.17, 15) is 9.90 Å². The summed E-state index contributed by atoms with van der Waals surface area (Å²) in [5.74, 6) is 0. The molecule has 3 rings (SSSR count). The van der Waals surface area contributed by atoms with Crippen LogP contribution < -0.4 is 5.46 Å². The molecule has 7 heteroatoms. The molecule has 0 aromatic carbocycles. The van der Waals surface area contributed by atoms with E-state index in [1.165, 1.54) is 6.20 Å². The van der Waals surface area contributed by atoms with Crippen LogP contribution in [0.1, 0.15) is 27.7 Å².